The lowest BCUT2D eigenvalue weighted by molar-refractivity contribution is 0.438. The topological polar surface area (TPSA) is 63.0 Å². The SMILES string of the molecule is CNC(C)c1nnc(NC(C)c2ccccc2F)o1. The van der Waals surface area contributed by atoms with Crippen molar-refractivity contribution in [1.29, 1.82) is 0 Å². The molecule has 2 atom stereocenters. The molecule has 1 aromatic heterocycles. The molecule has 0 aliphatic rings. The van der Waals surface area contributed by atoms with E-state index in [0.29, 0.717) is 11.5 Å². The first kappa shape index (κ1) is 13.5. The largest absolute Gasteiger partial charge is 0.406 e. The van der Waals surface area contributed by atoms with E-state index in [-0.39, 0.29) is 23.9 Å². The van der Waals surface area contributed by atoms with Crippen LogP contribution in [0.4, 0.5) is 10.4 Å². The number of aromatic nitrogens is 2. The summed E-state index contributed by atoms with van der Waals surface area (Å²) in [6.07, 6.45) is 0. The van der Waals surface area contributed by atoms with E-state index in [1.54, 1.807) is 18.2 Å². The van der Waals surface area contributed by atoms with E-state index in [9.17, 15) is 4.39 Å². The molecule has 19 heavy (non-hydrogen) atoms. The monoisotopic (exact) mass is 264 g/mol. The number of anilines is 1. The first-order valence-electron chi connectivity index (χ1n) is 6.13. The molecular weight excluding hydrogens is 247 g/mol. The van der Waals surface area contributed by atoms with Crippen LogP contribution in [0.5, 0.6) is 0 Å². The Balaban J connectivity index is 2.09. The Labute approximate surface area is 111 Å². The molecular formula is C13H17FN4O. The third-order valence-corrected chi connectivity index (χ3v) is 2.96. The molecule has 1 heterocycles. The zero-order chi connectivity index (χ0) is 13.8. The molecule has 2 unspecified atom stereocenters. The van der Waals surface area contributed by atoms with Crippen molar-refractivity contribution in [3.05, 3.63) is 41.5 Å². The van der Waals surface area contributed by atoms with Gasteiger partial charge in [-0.15, -0.1) is 5.10 Å². The summed E-state index contributed by atoms with van der Waals surface area (Å²) < 4.78 is 19.1. The molecule has 0 radical (unpaired) electrons. The van der Waals surface area contributed by atoms with Gasteiger partial charge < -0.3 is 15.1 Å². The van der Waals surface area contributed by atoms with Gasteiger partial charge in [0.1, 0.15) is 5.82 Å². The van der Waals surface area contributed by atoms with Crippen molar-refractivity contribution in [2.75, 3.05) is 12.4 Å². The highest BCUT2D eigenvalue weighted by molar-refractivity contribution is 5.29. The number of hydrogen-bond donors (Lipinski definition) is 2. The van der Waals surface area contributed by atoms with E-state index in [4.69, 9.17) is 4.42 Å². The first-order valence-corrected chi connectivity index (χ1v) is 6.13. The Morgan fingerprint density at radius 3 is 2.58 bits per heavy atom. The second-order valence-electron chi connectivity index (χ2n) is 4.34. The van der Waals surface area contributed by atoms with Gasteiger partial charge in [0.05, 0.1) is 12.1 Å². The lowest BCUT2D eigenvalue weighted by Gasteiger charge is -2.12. The normalized spacial score (nSPS) is 14.1. The minimum absolute atomic E-state index is 0.0215. The summed E-state index contributed by atoms with van der Waals surface area (Å²) in [5.74, 6) is 0.233. The summed E-state index contributed by atoms with van der Waals surface area (Å²) in [5, 5.41) is 13.8. The molecule has 0 fully saturated rings. The number of rotatable bonds is 5. The zero-order valence-corrected chi connectivity index (χ0v) is 11.1. The average Bonchev–Trinajstić information content (AvgIpc) is 2.86. The second-order valence-corrected chi connectivity index (χ2v) is 4.34. The Morgan fingerprint density at radius 2 is 1.89 bits per heavy atom. The van der Waals surface area contributed by atoms with Crippen LogP contribution in [0.3, 0.4) is 0 Å². The van der Waals surface area contributed by atoms with Gasteiger partial charge in [-0.25, -0.2) is 4.39 Å². The molecule has 102 valence electrons. The Hall–Kier alpha value is -1.95. The molecule has 2 aromatic rings. The lowest BCUT2D eigenvalue weighted by Crippen LogP contribution is -2.12. The van der Waals surface area contributed by atoms with Gasteiger partial charge in [-0.05, 0) is 27.0 Å². The molecule has 1 aromatic carbocycles. The molecule has 0 saturated carbocycles. The van der Waals surface area contributed by atoms with Gasteiger partial charge in [0.2, 0.25) is 5.89 Å². The van der Waals surface area contributed by atoms with Crippen molar-refractivity contribution in [2.45, 2.75) is 25.9 Å². The van der Waals surface area contributed by atoms with E-state index in [1.165, 1.54) is 6.07 Å². The summed E-state index contributed by atoms with van der Waals surface area (Å²) in [7, 11) is 1.81. The van der Waals surface area contributed by atoms with Crippen molar-refractivity contribution >= 4 is 6.01 Å². The van der Waals surface area contributed by atoms with Crippen LogP contribution in [-0.2, 0) is 0 Å². The number of nitrogens with zero attached hydrogens (tertiary/aromatic N) is 2. The minimum atomic E-state index is -0.258. The highest BCUT2D eigenvalue weighted by Gasteiger charge is 2.15. The Kier molecular flexibility index (Phi) is 4.11. The predicted octanol–water partition coefficient (Wildman–Crippen LogP) is 2.66. The van der Waals surface area contributed by atoms with E-state index in [0.717, 1.165) is 0 Å². The van der Waals surface area contributed by atoms with Gasteiger partial charge in [-0.1, -0.05) is 23.3 Å². The van der Waals surface area contributed by atoms with E-state index in [2.05, 4.69) is 20.8 Å². The molecule has 2 rings (SSSR count). The van der Waals surface area contributed by atoms with Gasteiger partial charge in [-0.2, -0.15) is 0 Å². The van der Waals surface area contributed by atoms with Gasteiger partial charge in [0.25, 0.3) is 0 Å². The average molecular weight is 264 g/mol. The van der Waals surface area contributed by atoms with Crippen LogP contribution in [0.1, 0.15) is 37.4 Å². The van der Waals surface area contributed by atoms with E-state index < -0.39 is 0 Å². The molecule has 0 spiro atoms. The van der Waals surface area contributed by atoms with Crippen molar-refractivity contribution in [3.8, 4) is 0 Å². The number of halogens is 1. The quantitative estimate of drug-likeness (QED) is 0.869. The van der Waals surface area contributed by atoms with Crippen molar-refractivity contribution in [2.24, 2.45) is 0 Å². The molecule has 0 bridgehead atoms. The standard InChI is InChI=1S/C13H17FN4O/c1-8(10-6-4-5-7-11(10)14)16-13-18-17-12(19-13)9(2)15-3/h4-9,15H,1-3H3,(H,16,18). The third-order valence-electron chi connectivity index (χ3n) is 2.96. The van der Waals surface area contributed by atoms with E-state index in [1.807, 2.05) is 20.9 Å². The summed E-state index contributed by atoms with van der Waals surface area (Å²) >= 11 is 0. The highest BCUT2D eigenvalue weighted by atomic mass is 19.1. The van der Waals surface area contributed by atoms with E-state index >= 15 is 0 Å². The highest BCUT2D eigenvalue weighted by Crippen LogP contribution is 2.21. The van der Waals surface area contributed by atoms with Crippen LogP contribution >= 0.6 is 0 Å². The van der Waals surface area contributed by atoms with Gasteiger partial charge in [-0.3, -0.25) is 0 Å². The molecule has 0 amide bonds. The van der Waals surface area contributed by atoms with Crippen LogP contribution in [0.2, 0.25) is 0 Å². The number of hydrogen-bond acceptors (Lipinski definition) is 5. The van der Waals surface area contributed by atoms with Crippen LogP contribution in [0, 0.1) is 5.82 Å². The zero-order valence-electron chi connectivity index (χ0n) is 11.1. The van der Waals surface area contributed by atoms with Gasteiger partial charge in [0, 0.05) is 5.56 Å². The summed E-state index contributed by atoms with van der Waals surface area (Å²) in [6.45, 7) is 3.75. The third kappa shape index (κ3) is 3.08. The van der Waals surface area contributed by atoms with Crippen molar-refractivity contribution < 1.29 is 8.81 Å². The second kappa shape index (κ2) is 5.79. The first-order chi connectivity index (χ1) is 9.11. The molecule has 2 N–H and O–H groups in total. The maximum atomic E-state index is 13.6. The summed E-state index contributed by atoms with van der Waals surface area (Å²) in [4.78, 5) is 0. The number of nitrogens with one attached hydrogen (secondary N) is 2. The summed E-state index contributed by atoms with van der Waals surface area (Å²) in [5.41, 5.74) is 0.559. The maximum absolute atomic E-state index is 13.6. The van der Waals surface area contributed by atoms with Crippen LogP contribution < -0.4 is 10.6 Å². The van der Waals surface area contributed by atoms with Crippen molar-refractivity contribution in [3.63, 3.8) is 0 Å². The fraction of sp³-hybridized carbons (Fsp3) is 0.385. The minimum Gasteiger partial charge on any atom is -0.406 e. The van der Waals surface area contributed by atoms with Gasteiger partial charge in [0.15, 0.2) is 0 Å². The van der Waals surface area contributed by atoms with Crippen molar-refractivity contribution in [1.82, 2.24) is 15.5 Å². The van der Waals surface area contributed by atoms with Crippen LogP contribution in [0.25, 0.3) is 0 Å². The summed E-state index contributed by atoms with van der Waals surface area (Å²) in [6, 6.07) is 6.61. The maximum Gasteiger partial charge on any atom is 0.316 e. The smallest absolute Gasteiger partial charge is 0.316 e. The lowest BCUT2D eigenvalue weighted by atomic mass is 10.1. The van der Waals surface area contributed by atoms with Gasteiger partial charge >= 0.3 is 6.01 Å². The molecule has 0 aliphatic carbocycles. The molecule has 6 heteroatoms. The predicted molar refractivity (Wildman–Crippen MR) is 70.2 cm³/mol. The Morgan fingerprint density at radius 1 is 1.16 bits per heavy atom. The van der Waals surface area contributed by atoms with Crippen LogP contribution in [0.15, 0.2) is 28.7 Å². The fourth-order valence-electron chi connectivity index (χ4n) is 1.68. The van der Waals surface area contributed by atoms with Crippen LogP contribution in [-0.4, -0.2) is 17.2 Å². The Bertz CT molecular complexity index is 543. The molecule has 0 aliphatic heterocycles. The molecule has 0 saturated heterocycles. The number of benzene rings is 1. The molecule has 5 nitrogen and oxygen atoms in total. The fourth-order valence-corrected chi connectivity index (χ4v) is 1.68.